The molecule has 4 aromatic heterocycles. The van der Waals surface area contributed by atoms with Gasteiger partial charge in [0.15, 0.2) is 17.5 Å². The van der Waals surface area contributed by atoms with Crippen molar-refractivity contribution in [2.45, 2.75) is 0 Å². The molecule has 0 saturated carbocycles. The number of hydrogen-bond acceptors (Lipinski definition) is 7. The zero-order valence-electron chi connectivity index (χ0n) is 26.1. The van der Waals surface area contributed by atoms with Gasteiger partial charge in [-0.2, -0.15) is 0 Å². The van der Waals surface area contributed by atoms with Crippen molar-refractivity contribution in [1.82, 2.24) is 29.9 Å². The number of hydrogen-bond donors (Lipinski definition) is 0. The topological polar surface area (TPSA) is 77.3 Å². The maximum absolute atomic E-state index is 4.88. The van der Waals surface area contributed by atoms with E-state index >= 15 is 0 Å². The highest BCUT2D eigenvalue weighted by atomic mass is 32.1. The summed E-state index contributed by atoms with van der Waals surface area (Å²) < 4.78 is 1.03. The summed E-state index contributed by atoms with van der Waals surface area (Å²) >= 11 is 1.63. The molecule has 0 amide bonds. The molecule has 0 fully saturated rings. The summed E-state index contributed by atoms with van der Waals surface area (Å²) in [6.45, 7) is 0. The molecule has 0 radical (unpaired) electrons. The number of rotatable bonds is 6. The van der Waals surface area contributed by atoms with Crippen LogP contribution in [0.25, 0.3) is 88.1 Å². The van der Waals surface area contributed by atoms with Crippen molar-refractivity contribution in [3.05, 3.63) is 158 Å². The van der Waals surface area contributed by atoms with E-state index in [0.717, 1.165) is 65.1 Å². The molecule has 5 aromatic carbocycles. The summed E-state index contributed by atoms with van der Waals surface area (Å²) in [4.78, 5) is 29.9. The maximum Gasteiger partial charge on any atom is 0.164 e. The molecule has 9 rings (SSSR count). The van der Waals surface area contributed by atoms with E-state index in [4.69, 9.17) is 29.9 Å². The van der Waals surface area contributed by atoms with Crippen LogP contribution >= 0.6 is 11.3 Å². The van der Waals surface area contributed by atoms with Crippen LogP contribution in [0.1, 0.15) is 0 Å². The Morgan fingerprint density at radius 3 is 1.53 bits per heavy atom. The summed E-state index contributed by atoms with van der Waals surface area (Å²) in [5.41, 5.74) is 10.1. The molecule has 49 heavy (non-hydrogen) atoms. The highest BCUT2D eigenvalue weighted by Crippen LogP contribution is 2.39. The van der Waals surface area contributed by atoms with Gasteiger partial charge in [0.1, 0.15) is 11.2 Å². The first-order valence-corrected chi connectivity index (χ1v) is 16.8. The molecule has 7 heteroatoms. The molecule has 0 N–H and O–H groups in total. The number of thiophene rings is 1. The van der Waals surface area contributed by atoms with Crippen molar-refractivity contribution in [2.24, 2.45) is 0 Å². The third kappa shape index (κ3) is 5.52. The monoisotopic (exact) mass is 646 g/mol. The molecule has 0 saturated heterocycles. The number of pyridine rings is 1. The number of aromatic nitrogens is 6. The Hall–Kier alpha value is -6.44. The van der Waals surface area contributed by atoms with Crippen molar-refractivity contribution >= 4 is 31.8 Å². The van der Waals surface area contributed by atoms with Gasteiger partial charge in [0.2, 0.25) is 0 Å². The normalized spacial score (nSPS) is 11.3. The lowest BCUT2D eigenvalue weighted by atomic mass is 10.0. The smallest absolute Gasteiger partial charge is 0.164 e. The largest absolute Gasteiger partial charge is 0.245 e. The molecule has 0 bridgehead atoms. The average Bonchev–Trinajstić information content (AvgIpc) is 3.57. The summed E-state index contributed by atoms with van der Waals surface area (Å²) in [6.07, 6.45) is 3.59. The van der Waals surface area contributed by atoms with E-state index in [9.17, 15) is 0 Å². The summed E-state index contributed by atoms with van der Waals surface area (Å²) in [6, 6.07) is 49.4. The minimum Gasteiger partial charge on any atom is -0.245 e. The lowest BCUT2D eigenvalue weighted by Gasteiger charge is -2.09. The summed E-state index contributed by atoms with van der Waals surface area (Å²) in [7, 11) is 0. The van der Waals surface area contributed by atoms with E-state index in [1.165, 1.54) is 5.56 Å². The van der Waals surface area contributed by atoms with Gasteiger partial charge in [0.25, 0.3) is 0 Å². The predicted molar refractivity (Wildman–Crippen MR) is 199 cm³/mol. The first kappa shape index (κ1) is 28.8. The number of nitrogens with zero attached hydrogens (tertiary/aromatic N) is 6. The molecule has 0 aliphatic heterocycles. The van der Waals surface area contributed by atoms with E-state index in [1.54, 1.807) is 17.7 Å². The van der Waals surface area contributed by atoms with E-state index in [0.29, 0.717) is 17.5 Å². The lowest BCUT2D eigenvalue weighted by molar-refractivity contribution is 1.07. The van der Waals surface area contributed by atoms with Crippen LogP contribution < -0.4 is 0 Å². The van der Waals surface area contributed by atoms with Gasteiger partial charge < -0.3 is 0 Å². The Morgan fingerprint density at radius 1 is 0.388 bits per heavy atom. The Bertz CT molecular complexity index is 2530. The first-order valence-electron chi connectivity index (χ1n) is 15.9. The molecule has 4 heterocycles. The van der Waals surface area contributed by atoms with Crippen LogP contribution in [0.2, 0.25) is 0 Å². The van der Waals surface area contributed by atoms with Gasteiger partial charge in [-0.05, 0) is 28.8 Å². The zero-order valence-corrected chi connectivity index (χ0v) is 26.9. The number of fused-ring (bicyclic) bond motifs is 3. The standard InChI is InChI=1S/C42H26N6S/c1-4-11-27(12-5-1)32-17-10-18-33(23-32)36-38-37(45-26-44-36)35-24-34(25-43-42(35)49-38)28-19-21-31(22-20-28)41-47-39(29-13-6-2-7-14-29)46-40(48-41)30-15-8-3-9-16-30/h1-26H. The highest BCUT2D eigenvalue weighted by molar-refractivity contribution is 7.25. The van der Waals surface area contributed by atoms with Crippen molar-refractivity contribution in [3.63, 3.8) is 0 Å². The van der Waals surface area contributed by atoms with Gasteiger partial charge in [-0.15, -0.1) is 11.3 Å². The van der Waals surface area contributed by atoms with Crippen molar-refractivity contribution in [1.29, 1.82) is 0 Å². The van der Waals surface area contributed by atoms with Crippen LogP contribution in [0, 0.1) is 0 Å². The van der Waals surface area contributed by atoms with E-state index < -0.39 is 0 Å². The SMILES string of the molecule is c1ccc(-c2cccc(-c3ncnc4c3sc3ncc(-c5ccc(-c6nc(-c7ccccc7)nc(-c7ccccc7)n6)cc5)cc34)c2)cc1. The fourth-order valence-electron chi connectivity index (χ4n) is 6.05. The predicted octanol–water partition coefficient (Wildman–Crippen LogP) is 10.4. The number of benzene rings is 5. The van der Waals surface area contributed by atoms with Crippen LogP contribution in [-0.2, 0) is 0 Å². The molecule has 0 unspecified atom stereocenters. The molecule has 0 aliphatic rings. The summed E-state index contributed by atoms with van der Waals surface area (Å²) in [5.74, 6) is 1.90. The Labute approximate surface area is 286 Å². The quantitative estimate of drug-likeness (QED) is 0.179. The molecule has 0 atom stereocenters. The fourth-order valence-corrected chi connectivity index (χ4v) is 7.14. The van der Waals surface area contributed by atoms with Gasteiger partial charge in [-0.3, -0.25) is 0 Å². The third-order valence-corrected chi connectivity index (χ3v) is 9.64. The zero-order chi connectivity index (χ0) is 32.6. The van der Waals surface area contributed by atoms with Crippen molar-refractivity contribution < 1.29 is 0 Å². The van der Waals surface area contributed by atoms with Gasteiger partial charge >= 0.3 is 0 Å². The Morgan fingerprint density at radius 2 is 0.898 bits per heavy atom. The molecule has 230 valence electrons. The van der Waals surface area contributed by atoms with Crippen LogP contribution in [-0.4, -0.2) is 29.9 Å². The molecule has 9 aromatic rings. The van der Waals surface area contributed by atoms with Crippen LogP contribution in [0.3, 0.4) is 0 Å². The lowest BCUT2D eigenvalue weighted by Crippen LogP contribution is -2.00. The highest BCUT2D eigenvalue weighted by Gasteiger charge is 2.16. The van der Waals surface area contributed by atoms with Crippen molar-refractivity contribution in [3.8, 4) is 67.7 Å². The van der Waals surface area contributed by atoms with Crippen LogP contribution in [0.15, 0.2) is 158 Å². The second kappa shape index (κ2) is 12.3. The van der Waals surface area contributed by atoms with Crippen LogP contribution in [0.5, 0.6) is 0 Å². The molecular weight excluding hydrogens is 621 g/mol. The van der Waals surface area contributed by atoms with E-state index in [-0.39, 0.29) is 0 Å². The van der Waals surface area contributed by atoms with Gasteiger partial charge in [0.05, 0.1) is 15.9 Å². The second-order valence-electron chi connectivity index (χ2n) is 11.6. The van der Waals surface area contributed by atoms with Crippen LogP contribution in [0.4, 0.5) is 0 Å². The molecule has 0 aliphatic carbocycles. The van der Waals surface area contributed by atoms with E-state index in [1.807, 2.05) is 72.9 Å². The average molecular weight is 647 g/mol. The molecular formula is C42H26N6S. The van der Waals surface area contributed by atoms with Gasteiger partial charge in [0, 0.05) is 39.4 Å². The second-order valence-corrected chi connectivity index (χ2v) is 12.6. The van der Waals surface area contributed by atoms with Gasteiger partial charge in [-0.1, -0.05) is 133 Å². The third-order valence-electron chi connectivity index (χ3n) is 8.53. The van der Waals surface area contributed by atoms with E-state index in [2.05, 4.69) is 78.9 Å². The maximum atomic E-state index is 4.88. The minimum atomic E-state index is 0.622. The Balaban J connectivity index is 1.08. The summed E-state index contributed by atoms with van der Waals surface area (Å²) in [5, 5.41) is 1.02. The Kier molecular flexibility index (Phi) is 7.22. The molecule has 0 spiro atoms. The van der Waals surface area contributed by atoms with Gasteiger partial charge in [-0.25, -0.2) is 29.9 Å². The fraction of sp³-hybridized carbons (Fsp3) is 0. The minimum absolute atomic E-state index is 0.622. The van der Waals surface area contributed by atoms with Crippen molar-refractivity contribution in [2.75, 3.05) is 0 Å². The first-order chi connectivity index (χ1) is 24.3. The molecule has 6 nitrogen and oxygen atoms in total.